The summed E-state index contributed by atoms with van der Waals surface area (Å²) in [6.45, 7) is 9.94. The van der Waals surface area contributed by atoms with Crippen LogP contribution in [-0.4, -0.2) is 21.8 Å². The zero-order chi connectivity index (χ0) is 24.8. The summed E-state index contributed by atoms with van der Waals surface area (Å²) in [5.74, 6) is -1.66. The highest BCUT2D eigenvalue weighted by Gasteiger charge is 2.48. The number of halogens is 1. The Kier molecular flexibility index (Phi) is 6.09. The van der Waals surface area contributed by atoms with Gasteiger partial charge in [0.05, 0.1) is 11.3 Å². The molecule has 0 aliphatic carbocycles. The highest BCUT2D eigenvalue weighted by molar-refractivity contribution is 6.51. The van der Waals surface area contributed by atoms with Gasteiger partial charge in [-0.2, -0.15) is 0 Å². The largest absolute Gasteiger partial charge is 0.507 e. The van der Waals surface area contributed by atoms with E-state index in [1.54, 1.807) is 42.6 Å². The maximum atomic E-state index is 13.4. The van der Waals surface area contributed by atoms with Gasteiger partial charge < -0.3 is 5.11 Å². The van der Waals surface area contributed by atoms with Crippen molar-refractivity contribution < 1.29 is 14.7 Å². The quantitative estimate of drug-likeness (QED) is 0.275. The van der Waals surface area contributed by atoms with Gasteiger partial charge in [0.2, 0.25) is 0 Å². The molecule has 1 unspecified atom stereocenters. The Hall–Kier alpha value is -3.44. The molecule has 6 heteroatoms. The number of aliphatic hydroxyl groups is 1. The van der Waals surface area contributed by atoms with Crippen LogP contribution >= 0.6 is 11.6 Å². The van der Waals surface area contributed by atoms with Gasteiger partial charge in [-0.05, 0) is 72.4 Å². The van der Waals surface area contributed by atoms with Crippen LogP contribution in [0.3, 0.4) is 0 Å². The molecule has 2 heterocycles. The molecule has 5 nitrogen and oxygen atoms in total. The van der Waals surface area contributed by atoms with E-state index in [-0.39, 0.29) is 16.7 Å². The van der Waals surface area contributed by atoms with Crippen LogP contribution in [0.5, 0.6) is 0 Å². The van der Waals surface area contributed by atoms with Crippen LogP contribution in [0.2, 0.25) is 5.02 Å². The summed E-state index contributed by atoms with van der Waals surface area (Å²) in [5.41, 5.74) is 3.97. The molecule has 1 aliphatic heterocycles. The first-order valence-electron chi connectivity index (χ1n) is 11.1. The van der Waals surface area contributed by atoms with Crippen LogP contribution in [0.25, 0.3) is 5.76 Å². The number of carbonyl (C=O) groups is 2. The van der Waals surface area contributed by atoms with Gasteiger partial charge in [-0.15, -0.1) is 0 Å². The van der Waals surface area contributed by atoms with Crippen LogP contribution in [0, 0.1) is 13.8 Å². The molecule has 174 valence electrons. The van der Waals surface area contributed by atoms with E-state index in [9.17, 15) is 14.7 Å². The lowest BCUT2D eigenvalue weighted by Gasteiger charge is -2.26. The average Bonchev–Trinajstić information content (AvgIpc) is 3.04. The SMILES string of the molecule is Cc1ccc(C(C)(C)C)cc1/C(O)=C1\C(=O)C(=O)N(c2ccc(Cl)cc2C)C1c1ccccn1. The van der Waals surface area contributed by atoms with Crippen molar-refractivity contribution >= 4 is 34.7 Å². The number of pyridine rings is 1. The fourth-order valence-electron chi connectivity index (χ4n) is 4.28. The first kappa shape index (κ1) is 23.7. The molecule has 1 aromatic heterocycles. The first-order chi connectivity index (χ1) is 16.0. The standard InChI is InChI=1S/C28H27ClN2O3/c1-16-9-10-18(28(3,4)5)15-20(16)25(32)23-24(21-8-6-7-13-30-21)31(27(34)26(23)33)22-12-11-19(29)14-17(22)2/h6-15,24,32H,1-5H3/b25-23+. The van der Waals surface area contributed by atoms with Crippen molar-refractivity contribution in [2.45, 2.75) is 46.1 Å². The molecule has 4 rings (SSSR count). The van der Waals surface area contributed by atoms with Gasteiger partial charge in [0, 0.05) is 22.5 Å². The van der Waals surface area contributed by atoms with Crippen molar-refractivity contribution in [1.82, 2.24) is 4.98 Å². The average molecular weight is 475 g/mol. The Morgan fingerprint density at radius 1 is 1.00 bits per heavy atom. The number of amides is 1. The van der Waals surface area contributed by atoms with Crippen LogP contribution in [0.4, 0.5) is 5.69 Å². The van der Waals surface area contributed by atoms with E-state index in [1.165, 1.54) is 4.90 Å². The summed E-state index contributed by atoms with van der Waals surface area (Å²) in [5, 5.41) is 12.0. The van der Waals surface area contributed by atoms with Gasteiger partial charge in [0.15, 0.2) is 0 Å². The number of aryl methyl sites for hydroxylation is 2. The molecule has 0 radical (unpaired) electrons. The topological polar surface area (TPSA) is 70.5 Å². The number of carbonyl (C=O) groups excluding carboxylic acids is 2. The maximum Gasteiger partial charge on any atom is 0.300 e. The molecular formula is C28H27ClN2O3. The minimum Gasteiger partial charge on any atom is -0.507 e. The molecule has 1 amide bonds. The molecule has 0 spiro atoms. The lowest BCUT2D eigenvalue weighted by molar-refractivity contribution is -0.132. The Balaban J connectivity index is 1.99. The van der Waals surface area contributed by atoms with Gasteiger partial charge in [0.25, 0.3) is 11.7 Å². The van der Waals surface area contributed by atoms with E-state index in [1.807, 2.05) is 32.0 Å². The van der Waals surface area contributed by atoms with E-state index >= 15 is 0 Å². The number of hydrogen-bond acceptors (Lipinski definition) is 4. The zero-order valence-corrected chi connectivity index (χ0v) is 20.6. The van der Waals surface area contributed by atoms with Crippen LogP contribution < -0.4 is 4.90 Å². The van der Waals surface area contributed by atoms with E-state index in [4.69, 9.17) is 11.6 Å². The van der Waals surface area contributed by atoms with Gasteiger partial charge in [-0.3, -0.25) is 19.5 Å². The molecule has 1 fully saturated rings. The molecule has 1 atom stereocenters. The number of benzene rings is 2. The predicted molar refractivity (Wildman–Crippen MR) is 135 cm³/mol. The first-order valence-corrected chi connectivity index (χ1v) is 11.5. The summed E-state index contributed by atoms with van der Waals surface area (Å²) in [6.07, 6.45) is 1.61. The summed E-state index contributed by atoms with van der Waals surface area (Å²) >= 11 is 6.14. The lowest BCUT2D eigenvalue weighted by Crippen LogP contribution is -2.30. The molecule has 34 heavy (non-hydrogen) atoms. The van der Waals surface area contributed by atoms with E-state index in [0.717, 1.165) is 16.7 Å². The number of rotatable bonds is 3. The number of aliphatic hydroxyl groups excluding tert-OH is 1. The van der Waals surface area contributed by atoms with Crippen molar-refractivity contribution in [3.05, 3.63) is 99.3 Å². The van der Waals surface area contributed by atoms with E-state index in [0.29, 0.717) is 22.0 Å². The lowest BCUT2D eigenvalue weighted by atomic mass is 9.84. The molecule has 0 saturated carbocycles. The summed E-state index contributed by atoms with van der Waals surface area (Å²) in [4.78, 5) is 32.6. The van der Waals surface area contributed by atoms with Crippen molar-refractivity contribution in [3.63, 3.8) is 0 Å². The number of anilines is 1. The van der Waals surface area contributed by atoms with Crippen molar-refractivity contribution in [3.8, 4) is 0 Å². The normalized spacial score (nSPS) is 17.9. The van der Waals surface area contributed by atoms with Crippen LogP contribution in [-0.2, 0) is 15.0 Å². The molecule has 3 aromatic rings. The highest BCUT2D eigenvalue weighted by atomic mass is 35.5. The molecule has 1 N–H and O–H groups in total. The Bertz CT molecular complexity index is 1320. The minimum absolute atomic E-state index is 0.0206. The third kappa shape index (κ3) is 4.12. The second-order valence-corrected chi connectivity index (χ2v) is 10.1. The van der Waals surface area contributed by atoms with Crippen molar-refractivity contribution in [2.24, 2.45) is 0 Å². The Labute approximate surface area is 204 Å². The smallest absolute Gasteiger partial charge is 0.300 e. The number of nitrogens with zero attached hydrogens (tertiary/aromatic N) is 2. The molecule has 0 bridgehead atoms. The van der Waals surface area contributed by atoms with Gasteiger partial charge in [-0.1, -0.05) is 50.6 Å². The fraction of sp³-hybridized carbons (Fsp3) is 0.250. The van der Waals surface area contributed by atoms with Crippen molar-refractivity contribution in [1.29, 1.82) is 0 Å². The second-order valence-electron chi connectivity index (χ2n) is 9.63. The highest BCUT2D eigenvalue weighted by Crippen LogP contribution is 2.43. The Morgan fingerprint density at radius 2 is 1.74 bits per heavy atom. The van der Waals surface area contributed by atoms with Gasteiger partial charge in [0.1, 0.15) is 11.8 Å². The summed E-state index contributed by atoms with van der Waals surface area (Å²) in [6, 6.07) is 15.4. The molecule has 1 saturated heterocycles. The monoisotopic (exact) mass is 474 g/mol. The predicted octanol–water partition coefficient (Wildman–Crippen LogP) is 6.28. The molecule has 1 aliphatic rings. The maximum absolute atomic E-state index is 13.4. The van der Waals surface area contributed by atoms with Crippen LogP contribution in [0.1, 0.15) is 54.8 Å². The van der Waals surface area contributed by atoms with E-state index < -0.39 is 17.7 Å². The third-order valence-electron chi connectivity index (χ3n) is 6.19. The number of Topliss-reactive ketones (excluding diaryl/α,β-unsaturated/α-hetero) is 1. The second kappa shape index (κ2) is 8.73. The number of aromatic nitrogens is 1. The number of hydrogen-bond donors (Lipinski definition) is 1. The Morgan fingerprint density at radius 3 is 2.35 bits per heavy atom. The van der Waals surface area contributed by atoms with Crippen molar-refractivity contribution in [2.75, 3.05) is 4.90 Å². The van der Waals surface area contributed by atoms with Gasteiger partial charge >= 0.3 is 0 Å². The molecule has 2 aromatic carbocycles. The van der Waals surface area contributed by atoms with E-state index in [2.05, 4.69) is 25.8 Å². The summed E-state index contributed by atoms with van der Waals surface area (Å²) in [7, 11) is 0. The minimum atomic E-state index is -0.876. The fourth-order valence-corrected chi connectivity index (χ4v) is 4.50. The summed E-state index contributed by atoms with van der Waals surface area (Å²) < 4.78 is 0. The number of ketones is 1. The third-order valence-corrected chi connectivity index (χ3v) is 6.42. The van der Waals surface area contributed by atoms with Gasteiger partial charge in [-0.25, -0.2) is 0 Å². The van der Waals surface area contributed by atoms with Crippen LogP contribution in [0.15, 0.2) is 66.4 Å². The molecular weight excluding hydrogens is 448 g/mol. The zero-order valence-electron chi connectivity index (χ0n) is 19.9.